The number of methoxy groups -OCH3 is 1. The van der Waals surface area contributed by atoms with Crippen molar-refractivity contribution in [3.05, 3.63) is 0 Å². The third-order valence-electron chi connectivity index (χ3n) is 8.24. The van der Waals surface area contributed by atoms with Crippen LogP contribution in [0.15, 0.2) is 0 Å². The first-order chi connectivity index (χ1) is 22.0. The first-order valence-electron chi connectivity index (χ1n) is 14.4. The van der Waals surface area contributed by atoms with Gasteiger partial charge in [0.1, 0.15) is 85.5 Å². The zero-order valence-corrected chi connectivity index (χ0v) is 25.7. The van der Waals surface area contributed by atoms with Crippen LogP contribution < -0.4 is 0 Å². The Labute approximate surface area is 267 Å². The quantitative estimate of drug-likeness (QED) is 0.0885. The van der Waals surface area contributed by atoms with Crippen molar-refractivity contribution < 1.29 is 106 Å². The Morgan fingerprint density at radius 2 is 1.13 bits per heavy atom. The summed E-state index contributed by atoms with van der Waals surface area (Å²) < 4.78 is 78.6. The molecular formula is C24H42O22S. The van der Waals surface area contributed by atoms with Crippen LogP contribution in [0.4, 0.5) is 0 Å². The Bertz CT molecular complexity index is 1100. The molecule has 0 bridgehead atoms. The smallest absolute Gasteiger partial charge is 0.394 e. The Morgan fingerprint density at radius 3 is 1.66 bits per heavy atom. The van der Waals surface area contributed by atoms with E-state index in [9.17, 15) is 59.5 Å². The molecule has 4 heterocycles. The lowest BCUT2D eigenvalue weighted by Crippen LogP contribution is -2.67. The summed E-state index contributed by atoms with van der Waals surface area (Å²) >= 11 is 0. The minimum absolute atomic E-state index is 0.675. The van der Waals surface area contributed by atoms with Gasteiger partial charge in [0.15, 0.2) is 25.2 Å². The molecule has 4 rings (SSSR count). The minimum atomic E-state index is -5.05. The molecule has 23 heteroatoms. The van der Waals surface area contributed by atoms with Crippen molar-refractivity contribution in [2.75, 3.05) is 26.9 Å². The van der Waals surface area contributed by atoms with Crippen LogP contribution in [0, 0.1) is 0 Å². The summed E-state index contributed by atoms with van der Waals surface area (Å²) in [6.07, 6.45) is -32.0. The number of rotatable bonds is 11. The maximum Gasteiger partial charge on any atom is 0.397 e. The molecule has 0 spiro atoms. The lowest BCUT2D eigenvalue weighted by Gasteiger charge is -2.48. The lowest BCUT2D eigenvalue weighted by molar-refractivity contribution is -0.386. The van der Waals surface area contributed by atoms with Crippen LogP contribution in [-0.4, -0.2) is 208 Å². The third kappa shape index (κ3) is 8.55. The van der Waals surface area contributed by atoms with Gasteiger partial charge in [-0.15, -0.1) is 0 Å². The van der Waals surface area contributed by atoms with Gasteiger partial charge >= 0.3 is 10.4 Å². The lowest BCUT2D eigenvalue weighted by atomic mass is 9.96. The average molecular weight is 715 g/mol. The van der Waals surface area contributed by atoms with Crippen LogP contribution in [0.5, 0.6) is 0 Å². The van der Waals surface area contributed by atoms with E-state index in [1.54, 1.807) is 0 Å². The summed E-state index contributed by atoms with van der Waals surface area (Å²) in [5.41, 5.74) is 0. The molecule has 47 heavy (non-hydrogen) atoms. The van der Waals surface area contributed by atoms with Crippen molar-refractivity contribution in [3.63, 3.8) is 0 Å². The molecule has 0 aromatic carbocycles. The summed E-state index contributed by atoms with van der Waals surface area (Å²) in [6, 6.07) is 0. The highest BCUT2D eigenvalue weighted by Crippen LogP contribution is 2.34. The maximum absolute atomic E-state index is 11.1. The Morgan fingerprint density at radius 1 is 0.638 bits per heavy atom. The Kier molecular flexibility index (Phi) is 13.3. The van der Waals surface area contributed by atoms with E-state index in [1.165, 1.54) is 14.0 Å². The van der Waals surface area contributed by atoms with E-state index in [2.05, 4.69) is 4.18 Å². The molecule has 0 amide bonds. The molecule has 0 unspecified atom stereocenters. The molecule has 0 aromatic heterocycles. The standard InChI is InChI=1S/C24H42O22S/c1-6-17(13(30)14(31)22(40-6)45-20-12(29)9(5-39-21(20)34)46-47(35,36)37)43-24-16(33)19(11(28)8(4-26)42-24)44-23-15(32)18(38-2)10(27)7(3-25)41-23/h6-34H,3-5H2,1-2H3,(H,35,36,37)/t6-,7-,8-,9-,10-,11-,12+,13-,14-,15-,16-,17-,18+,19+,20-,21-,22+,23+,24+/m1/s1. The molecule has 0 aromatic rings. The topological polar surface area (TPSA) is 340 Å². The molecule has 19 atom stereocenters. The highest BCUT2D eigenvalue weighted by molar-refractivity contribution is 7.80. The highest BCUT2D eigenvalue weighted by atomic mass is 32.3. The summed E-state index contributed by atoms with van der Waals surface area (Å²) in [5.74, 6) is 0. The molecule has 11 N–H and O–H groups in total. The summed E-state index contributed by atoms with van der Waals surface area (Å²) in [7, 11) is -3.88. The zero-order valence-electron chi connectivity index (χ0n) is 24.9. The first-order valence-corrected chi connectivity index (χ1v) is 15.8. The van der Waals surface area contributed by atoms with Crippen molar-refractivity contribution >= 4 is 10.4 Å². The van der Waals surface area contributed by atoms with Crippen LogP contribution in [-0.2, 0) is 52.5 Å². The average Bonchev–Trinajstić information content (AvgIpc) is 3.01. The summed E-state index contributed by atoms with van der Waals surface area (Å²) in [4.78, 5) is 0. The van der Waals surface area contributed by atoms with Crippen molar-refractivity contribution in [1.29, 1.82) is 0 Å². The number of hydrogen-bond acceptors (Lipinski definition) is 21. The van der Waals surface area contributed by atoms with Crippen LogP contribution in [0.25, 0.3) is 0 Å². The monoisotopic (exact) mass is 714 g/mol. The zero-order chi connectivity index (χ0) is 35.0. The fourth-order valence-corrected chi connectivity index (χ4v) is 6.18. The van der Waals surface area contributed by atoms with Crippen molar-refractivity contribution in [1.82, 2.24) is 0 Å². The van der Waals surface area contributed by atoms with Crippen molar-refractivity contribution in [3.8, 4) is 0 Å². The number of aliphatic hydroxyl groups is 10. The van der Waals surface area contributed by atoms with Gasteiger partial charge < -0.3 is 89.0 Å². The van der Waals surface area contributed by atoms with Crippen LogP contribution in [0.1, 0.15) is 6.92 Å². The first kappa shape index (κ1) is 38.9. The Hall–Kier alpha value is -0.850. The fraction of sp³-hybridized carbons (Fsp3) is 1.00. The van der Waals surface area contributed by atoms with E-state index in [0.29, 0.717) is 0 Å². The third-order valence-corrected chi connectivity index (χ3v) is 8.73. The summed E-state index contributed by atoms with van der Waals surface area (Å²) in [5, 5.41) is 104. The van der Waals surface area contributed by atoms with Crippen molar-refractivity contribution in [2.45, 2.75) is 124 Å². The van der Waals surface area contributed by atoms with Crippen LogP contribution in [0.3, 0.4) is 0 Å². The molecule has 4 fully saturated rings. The van der Waals surface area contributed by atoms with Gasteiger partial charge in [-0.2, -0.15) is 8.42 Å². The maximum atomic E-state index is 11.1. The predicted molar refractivity (Wildman–Crippen MR) is 142 cm³/mol. The van der Waals surface area contributed by atoms with Gasteiger partial charge in [-0.1, -0.05) is 0 Å². The number of hydrogen-bond donors (Lipinski definition) is 11. The SMILES string of the molecule is CO[C@@H]1[C@@H](O)[C@H](O[C@@H]2[C@@H](O)[C@H](O[C@H]3[C@H](O)[C@@H](O)[C@H](O[C@@H]4[C@@H](O)[C@H](OS(=O)(=O)O)CO[C@H]4O)O[C@@H]3C)O[C@H](CO)[C@H]2O)O[C@H](CO)[C@H]1O. The molecule has 4 aliphatic heterocycles. The Balaban J connectivity index is 1.45. The van der Waals surface area contributed by atoms with E-state index in [0.717, 1.165) is 0 Å². The molecule has 0 radical (unpaired) electrons. The van der Waals surface area contributed by atoms with Gasteiger partial charge in [0.05, 0.1) is 25.9 Å². The molecular weight excluding hydrogens is 672 g/mol. The molecule has 276 valence electrons. The van der Waals surface area contributed by atoms with E-state index in [-0.39, 0.29) is 0 Å². The molecule has 0 aliphatic carbocycles. The normalized spacial score (nSPS) is 49.9. The van der Waals surface area contributed by atoms with Crippen LogP contribution in [0.2, 0.25) is 0 Å². The second-order valence-electron chi connectivity index (χ2n) is 11.4. The minimum Gasteiger partial charge on any atom is -0.394 e. The number of aliphatic hydroxyl groups excluding tert-OH is 10. The molecule has 4 saturated heterocycles. The predicted octanol–water partition coefficient (Wildman–Crippen LogP) is -7.60. The number of ether oxygens (including phenoxy) is 8. The van der Waals surface area contributed by atoms with Gasteiger partial charge in [0, 0.05) is 7.11 Å². The molecule has 0 saturated carbocycles. The van der Waals surface area contributed by atoms with Gasteiger partial charge in [-0.05, 0) is 6.92 Å². The van der Waals surface area contributed by atoms with Gasteiger partial charge in [-0.3, -0.25) is 4.55 Å². The summed E-state index contributed by atoms with van der Waals surface area (Å²) in [6.45, 7) is -0.906. The van der Waals surface area contributed by atoms with E-state index >= 15 is 0 Å². The molecule has 22 nitrogen and oxygen atoms in total. The van der Waals surface area contributed by atoms with Gasteiger partial charge in [0.25, 0.3) is 0 Å². The molecule has 4 aliphatic rings. The second kappa shape index (κ2) is 16.0. The van der Waals surface area contributed by atoms with E-state index < -0.39 is 147 Å². The van der Waals surface area contributed by atoms with E-state index in [1.807, 2.05) is 0 Å². The largest absolute Gasteiger partial charge is 0.397 e. The fourth-order valence-electron chi connectivity index (χ4n) is 5.70. The van der Waals surface area contributed by atoms with Crippen molar-refractivity contribution in [2.24, 2.45) is 0 Å². The second-order valence-corrected chi connectivity index (χ2v) is 12.4. The highest BCUT2D eigenvalue weighted by Gasteiger charge is 2.54. The van der Waals surface area contributed by atoms with E-state index in [4.69, 9.17) is 42.4 Å². The van der Waals surface area contributed by atoms with Gasteiger partial charge in [-0.25, -0.2) is 4.18 Å². The van der Waals surface area contributed by atoms with Gasteiger partial charge in [0.2, 0.25) is 0 Å². The van der Waals surface area contributed by atoms with Crippen LogP contribution >= 0.6 is 0 Å².